The van der Waals surface area contributed by atoms with Gasteiger partial charge in [-0.2, -0.15) is 13.2 Å². The van der Waals surface area contributed by atoms with Crippen molar-refractivity contribution in [2.75, 3.05) is 0 Å². The number of benzene rings is 1. The number of carbonyl (C=O) groups is 1. The summed E-state index contributed by atoms with van der Waals surface area (Å²) in [5, 5.41) is 0. The van der Waals surface area contributed by atoms with Gasteiger partial charge in [0, 0.05) is 43.0 Å². The number of aromatic nitrogens is 4. The third-order valence-corrected chi connectivity index (χ3v) is 7.36. The highest BCUT2D eigenvalue weighted by Crippen LogP contribution is 2.29. The van der Waals surface area contributed by atoms with E-state index in [1.807, 2.05) is 0 Å². The van der Waals surface area contributed by atoms with Gasteiger partial charge in [0.05, 0.1) is 9.79 Å². The Morgan fingerprint density at radius 1 is 0.857 bits per heavy atom. The van der Waals surface area contributed by atoms with Crippen LogP contribution in [0.15, 0.2) is 89.3 Å². The Morgan fingerprint density at radius 2 is 1.57 bits per heavy atom. The first-order valence-corrected chi connectivity index (χ1v) is 12.0. The number of hydrogen-bond donors (Lipinski definition) is 0. The highest BCUT2D eigenvalue weighted by molar-refractivity contribution is 7.91. The molecule has 0 saturated carbocycles. The molecule has 11 heteroatoms. The molecule has 0 amide bonds. The zero-order chi connectivity index (χ0) is 24.8. The lowest BCUT2D eigenvalue weighted by Crippen LogP contribution is -2.05. The van der Waals surface area contributed by atoms with E-state index in [9.17, 15) is 26.4 Å². The molecule has 0 aliphatic rings. The summed E-state index contributed by atoms with van der Waals surface area (Å²) in [6, 6.07) is 12.0. The second kappa shape index (κ2) is 8.35. The molecule has 0 aliphatic heterocycles. The lowest BCUT2D eigenvalue weighted by molar-refractivity contribution is -0.140. The summed E-state index contributed by atoms with van der Waals surface area (Å²) in [5.74, 6) is -0.0517. The number of nitrogens with zero attached hydrogens (tertiary/aromatic N) is 4. The SMILES string of the molecule is O=C(CCc1ccc(S(=O)(=O)c2ccc3nc(C(F)(F)F)cn3c2)cc1)c1ccc2nccn2c1. The zero-order valence-electron chi connectivity index (χ0n) is 18.0. The summed E-state index contributed by atoms with van der Waals surface area (Å²) in [5.41, 5.74) is 0.963. The van der Waals surface area contributed by atoms with Crippen molar-refractivity contribution in [3.63, 3.8) is 0 Å². The maximum atomic E-state index is 13.0. The van der Waals surface area contributed by atoms with Crippen LogP contribution in [-0.4, -0.2) is 33.0 Å². The number of Topliss-reactive ketones (excluding diaryl/α,β-unsaturated/α-hetero) is 1. The number of pyridine rings is 2. The number of rotatable bonds is 6. The zero-order valence-corrected chi connectivity index (χ0v) is 18.8. The van der Waals surface area contributed by atoms with Crippen molar-refractivity contribution < 1.29 is 26.4 Å². The molecule has 5 rings (SSSR count). The van der Waals surface area contributed by atoms with Crippen LogP contribution < -0.4 is 0 Å². The van der Waals surface area contributed by atoms with Crippen LogP contribution in [0.4, 0.5) is 13.2 Å². The molecule has 0 aliphatic carbocycles. The number of hydrogen-bond acceptors (Lipinski definition) is 5. The molecular weight excluding hydrogens is 481 g/mol. The number of ketones is 1. The Labute approximate surface area is 197 Å². The minimum absolute atomic E-state index is 0.00588. The van der Waals surface area contributed by atoms with E-state index in [2.05, 4.69) is 9.97 Å². The van der Waals surface area contributed by atoms with Gasteiger partial charge in [0.15, 0.2) is 11.5 Å². The third kappa shape index (κ3) is 4.42. The fourth-order valence-corrected chi connectivity index (χ4v) is 4.99. The highest BCUT2D eigenvalue weighted by Gasteiger charge is 2.34. The van der Waals surface area contributed by atoms with Crippen molar-refractivity contribution >= 4 is 26.9 Å². The largest absolute Gasteiger partial charge is 0.434 e. The van der Waals surface area contributed by atoms with Gasteiger partial charge in [-0.1, -0.05) is 12.1 Å². The number of aryl methyl sites for hydroxylation is 1. The summed E-state index contributed by atoms with van der Waals surface area (Å²) in [6.07, 6.45) is 3.00. The van der Waals surface area contributed by atoms with Crippen LogP contribution in [0.2, 0.25) is 0 Å². The molecule has 35 heavy (non-hydrogen) atoms. The molecule has 7 nitrogen and oxygen atoms in total. The predicted molar refractivity (Wildman–Crippen MR) is 120 cm³/mol. The maximum absolute atomic E-state index is 13.0. The Kier molecular flexibility index (Phi) is 5.43. The summed E-state index contributed by atoms with van der Waals surface area (Å²) in [6.45, 7) is 0. The smallest absolute Gasteiger partial charge is 0.306 e. The van der Waals surface area contributed by atoms with E-state index < -0.39 is 21.7 Å². The minimum Gasteiger partial charge on any atom is -0.306 e. The average molecular weight is 498 g/mol. The van der Waals surface area contributed by atoms with Gasteiger partial charge in [-0.05, 0) is 48.4 Å². The average Bonchev–Trinajstić information content (AvgIpc) is 3.48. The van der Waals surface area contributed by atoms with Crippen molar-refractivity contribution in [1.82, 2.24) is 18.8 Å². The molecule has 4 aromatic heterocycles. The van der Waals surface area contributed by atoms with E-state index >= 15 is 0 Å². The van der Waals surface area contributed by atoms with Gasteiger partial charge in [0.2, 0.25) is 9.84 Å². The molecule has 0 fully saturated rings. The lowest BCUT2D eigenvalue weighted by atomic mass is 10.0. The van der Waals surface area contributed by atoms with Gasteiger partial charge in [-0.3, -0.25) is 4.79 Å². The summed E-state index contributed by atoms with van der Waals surface area (Å²) in [7, 11) is -3.97. The van der Waals surface area contributed by atoms with E-state index in [1.54, 1.807) is 47.3 Å². The predicted octanol–water partition coefficient (Wildman–Crippen LogP) is 4.65. The molecule has 0 radical (unpaired) electrons. The van der Waals surface area contributed by atoms with Crippen molar-refractivity contribution in [3.8, 4) is 0 Å². The molecule has 5 aromatic rings. The van der Waals surface area contributed by atoms with Crippen molar-refractivity contribution in [1.29, 1.82) is 0 Å². The summed E-state index contributed by atoms with van der Waals surface area (Å²) < 4.78 is 67.5. The number of halogens is 3. The Balaban J connectivity index is 1.31. The van der Waals surface area contributed by atoms with Gasteiger partial charge in [-0.25, -0.2) is 18.4 Å². The van der Waals surface area contributed by atoms with Crippen LogP contribution in [0, 0.1) is 0 Å². The van der Waals surface area contributed by atoms with E-state index in [0.29, 0.717) is 12.0 Å². The number of fused-ring (bicyclic) bond motifs is 2. The van der Waals surface area contributed by atoms with Gasteiger partial charge in [0.1, 0.15) is 11.3 Å². The highest BCUT2D eigenvalue weighted by atomic mass is 32.2. The van der Waals surface area contributed by atoms with Crippen LogP contribution in [0.25, 0.3) is 11.3 Å². The number of imidazole rings is 2. The maximum Gasteiger partial charge on any atom is 0.434 e. The van der Waals surface area contributed by atoms with Gasteiger partial charge < -0.3 is 8.80 Å². The molecule has 178 valence electrons. The van der Waals surface area contributed by atoms with E-state index in [4.69, 9.17) is 0 Å². The summed E-state index contributed by atoms with van der Waals surface area (Å²) >= 11 is 0. The Morgan fingerprint density at radius 3 is 2.31 bits per heavy atom. The molecular formula is C24H17F3N4O3S. The van der Waals surface area contributed by atoms with E-state index in [-0.39, 0.29) is 27.6 Å². The first-order chi connectivity index (χ1) is 16.6. The van der Waals surface area contributed by atoms with E-state index in [1.165, 1.54) is 24.3 Å². The van der Waals surface area contributed by atoms with Crippen LogP contribution in [0.3, 0.4) is 0 Å². The van der Waals surface area contributed by atoms with Gasteiger partial charge >= 0.3 is 6.18 Å². The van der Waals surface area contributed by atoms with Gasteiger partial charge in [0.25, 0.3) is 0 Å². The molecule has 0 bridgehead atoms. The topological polar surface area (TPSA) is 85.8 Å². The fourth-order valence-electron chi connectivity index (χ4n) is 3.73. The Hall–Kier alpha value is -3.99. The van der Waals surface area contributed by atoms with Crippen LogP contribution in [-0.2, 0) is 22.4 Å². The van der Waals surface area contributed by atoms with Crippen molar-refractivity contribution in [2.24, 2.45) is 0 Å². The summed E-state index contributed by atoms with van der Waals surface area (Å²) in [4.78, 5) is 20.0. The second-order valence-electron chi connectivity index (χ2n) is 7.94. The molecule has 0 N–H and O–H groups in total. The standard InChI is InChI=1S/C24H17F3N4O3S/c25-24(26,27)21-15-31-14-19(7-10-23(31)29-21)35(33,34)18-5-1-16(2-6-18)3-8-20(32)17-4-9-22-28-11-12-30(22)13-17/h1-2,4-7,9-15H,3,8H2. The van der Waals surface area contributed by atoms with Gasteiger partial charge in [-0.15, -0.1) is 0 Å². The Bertz CT molecular complexity index is 1670. The minimum atomic E-state index is -4.63. The van der Waals surface area contributed by atoms with Crippen LogP contribution in [0.5, 0.6) is 0 Å². The molecule has 0 spiro atoms. The lowest BCUT2D eigenvalue weighted by Gasteiger charge is -2.07. The van der Waals surface area contributed by atoms with Crippen molar-refractivity contribution in [3.05, 3.63) is 96.3 Å². The first kappa shape index (κ1) is 22.8. The normalized spacial score (nSPS) is 12.4. The molecule has 4 heterocycles. The molecule has 0 atom stereocenters. The van der Waals surface area contributed by atoms with Crippen molar-refractivity contribution in [2.45, 2.75) is 28.8 Å². The fraction of sp³-hybridized carbons (Fsp3) is 0.125. The second-order valence-corrected chi connectivity index (χ2v) is 9.88. The number of carbonyl (C=O) groups excluding carboxylic acids is 1. The molecule has 1 aromatic carbocycles. The number of sulfone groups is 1. The third-order valence-electron chi connectivity index (χ3n) is 5.61. The van der Waals surface area contributed by atoms with E-state index in [0.717, 1.165) is 28.0 Å². The number of alkyl halides is 3. The monoisotopic (exact) mass is 498 g/mol. The molecule has 0 saturated heterocycles. The molecule has 0 unspecified atom stereocenters. The quantitative estimate of drug-likeness (QED) is 0.318. The van der Waals surface area contributed by atoms with Crippen LogP contribution >= 0.6 is 0 Å². The first-order valence-electron chi connectivity index (χ1n) is 10.5. The van der Waals surface area contributed by atoms with Crippen LogP contribution in [0.1, 0.15) is 28.0 Å².